The maximum Gasteiger partial charge on any atom is 0.104 e. The highest BCUT2D eigenvalue weighted by Crippen LogP contribution is 2.16. The highest BCUT2D eigenvalue weighted by Gasteiger charge is 2.17. The molecule has 0 radical (unpaired) electrons. The number of quaternary nitrogens is 2. The standard InChI is InChI=1S/C24H46N2.BrH/c1-7-9-11-13-19-25(3,4)21-23-15-17-24(18-16-23)22-26(5,6)20-14-12-10-8-2;/h15-18H,7-14,19-22H2,1-6H3;1H/q+2;/p-1. The molecule has 0 amide bonds. The molecule has 0 spiro atoms. The average molecular weight is 443 g/mol. The Morgan fingerprint density at radius 2 is 0.889 bits per heavy atom. The van der Waals surface area contributed by atoms with Crippen molar-refractivity contribution in [3.63, 3.8) is 0 Å². The van der Waals surface area contributed by atoms with Gasteiger partial charge in [0.05, 0.1) is 41.3 Å². The van der Waals surface area contributed by atoms with Gasteiger partial charge in [-0.25, -0.2) is 0 Å². The van der Waals surface area contributed by atoms with Gasteiger partial charge in [-0.2, -0.15) is 0 Å². The smallest absolute Gasteiger partial charge is 0.104 e. The number of hydrogen-bond donors (Lipinski definition) is 0. The Bertz CT molecular complexity index is 435. The minimum Gasteiger partial charge on any atom is -1.00 e. The summed E-state index contributed by atoms with van der Waals surface area (Å²) in [7, 11) is 9.48. The molecule has 0 unspecified atom stereocenters. The molecule has 0 aliphatic rings. The third-order valence-electron chi connectivity index (χ3n) is 5.48. The minimum absolute atomic E-state index is 0. The van der Waals surface area contributed by atoms with E-state index in [1.807, 2.05) is 0 Å². The lowest BCUT2D eigenvalue weighted by molar-refractivity contribution is -0.904. The Morgan fingerprint density at radius 3 is 1.19 bits per heavy atom. The molecule has 0 bridgehead atoms. The molecule has 0 aliphatic heterocycles. The van der Waals surface area contributed by atoms with Crippen LogP contribution in [0, 0.1) is 0 Å². The van der Waals surface area contributed by atoms with Gasteiger partial charge in [-0.3, -0.25) is 0 Å². The summed E-state index contributed by atoms with van der Waals surface area (Å²) < 4.78 is 2.20. The van der Waals surface area contributed by atoms with Gasteiger partial charge in [0.1, 0.15) is 13.1 Å². The van der Waals surface area contributed by atoms with Gasteiger partial charge in [0.15, 0.2) is 0 Å². The number of hydrogen-bond acceptors (Lipinski definition) is 0. The lowest BCUT2D eigenvalue weighted by Gasteiger charge is -2.31. The van der Waals surface area contributed by atoms with Crippen LogP contribution in [0.1, 0.15) is 76.3 Å². The van der Waals surface area contributed by atoms with Gasteiger partial charge in [-0.15, -0.1) is 0 Å². The molecule has 2 nitrogen and oxygen atoms in total. The summed E-state index contributed by atoms with van der Waals surface area (Å²) in [5, 5.41) is 0. The Hall–Kier alpha value is -0.380. The average Bonchev–Trinajstić information content (AvgIpc) is 2.57. The Balaban J connectivity index is 0.00000676. The van der Waals surface area contributed by atoms with Gasteiger partial charge >= 0.3 is 0 Å². The molecule has 0 aromatic heterocycles. The Morgan fingerprint density at radius 1 is 0.556 bits per heavy atom. The van der Waals surface area contributed by atoms with Gasteiger partial charge < -0.3 is 25.9 Å². The van der Waals surface area contributed by atoms with Crippen molar-refractivity contribution in [2.75, 3.05) is 41.3 Å². The van der Waals surface area contributed by atoms with Crippen molar-refractivity contribution in [2.24, 2.45) is 0 Å². The molecule has 1 rings (SSSR count). The summed E-state index contributed by atoms with van der Waals surface area (Å²) >= 11 is 0. The summed E-state index contributed by atoms with van der Waals surface area (Å²) in [6, 6.07) is 9.44. The van der Waals surface area contributed by atoms with E-state index in [9.17, 15) is 0 Å². The fraction of sp³-hybridized carbons (Fsp3) is 0.750. The largest absolute Gasteiger partial charge is 1.00 e. The fourth-order valence-corrected chi connectivity index (χ4v) is 3.83. The van der Waals surface area contributed by atoms with Crippen LogP contribution in [0.25, 0.3) is 0 Å². The highest BCUT2D eigenvalue weighted by molar-refractivity contribution is 5.21. The lowest BCUT2D eigenvalue weighted by atomic mass is 10.1. The summed E-state index contributed by atoms with van der Waals surface area (Å²) in [5.41, 5.74) is 2.95. The predicted molar refractivity (Wildman–Crippen MR) is 116 cm³/mol. The number of halogens is 1. The molecule has 3 heteroatoms. The van der Waals surface area contributed by atoms with Crippen LogP contribution in [0.2, 0.25) is 0 Å². The second-order valence-corrected chi connectivity index (χ2v) is 9.57. The third-order valence-corrected chi connectivity index (χ3v) is 5.48. The maximum absolute atomic E-state index is 2.37. The third kappa shape index (κ3) is 12.6. The normalized spacial score (nSPS) is 12.1. The van der Waals surface area contributed by atoms with Crippen molar-refractivity contribution < 1.29 is 25.9 Å². The van der Waals surface area contributed by atoms with Crippen LogP contribution in [0.4, 0.5) is 0 Å². The van der Waals surface area contributed by atoms with Crippen LogP contribution < -0.4 is 17.0 Å². The van der Waals surface area contributed by atoms with Crippen molar-refractivity contribution in [1.82, 2.24) is 0 Å². The van der Waals surface area contributed by atoms with Gasteiger partial charge in [0.25, 0.3) is 0 Å². The van der Waals surface area contributed by atoms with Crippen LogP contribution in [-0.2, 0) is 13.1 Å². The van der Waals surface area contributed by atoms with Crippen molar-refractivity contribution in [3.05, 3.63) is 35.4 Å². The summed E-state index contributed by atoms with van der Waals surface area (Å²) in [6.07, 6.45) is 10.9. The van der Waals surface area contributed by atoms with Crippen molar-refractivity contribution in [3.8, 4) is 0 Å². The topological polar surface area (TPSA) is 0 Å². The first-order valence-electron chi connectivity index (χ1n) is 11.0. The molecule has 1 aromatic carbocycles. The quantitative estimate of drug-likeness (QED) is 0.307. The number of benzene rings is 1. The SMILES string of the molecule is CCCCCC[N+](C)(C)Cc1ccc(C[N+](C)(C)CCCCCC)cc1.[Br-]. The molecule has 27 heavy (non-hydrogen) atoms. The molecule has 0 saturated carbocycles. The van der Waals surface area contributed by atoms with E-state index in [1.54, 1.807) is 0 Å². The fourth-order valence-electron chi connectivity index (χ4n) is 3.83. The Kier molecular flexibility index (Phi) is 13.5. The molecule has 158 valence electrons. The van der Waals surface area contributed by atoms with Crippen LogP contribution in [0.15, 0.2) is 24.3 Å². The van der Waals surface area contributed by atoms with Crippen LogP contribution >= 0.6 is 0 Å². The van der Waals surface area contributed by atoms with E-state index in [2.05, 4.69) is 66.3 Å². The number of nitrogens with zero attached hydrogens (tertiary/aromatic N) is 2. The first kappa shape index (κ1) is 26.6. The predicted octanol–water partition coefficient (Wildman–Crippen LogP) is 3.00. The van der Waals surface area contributed by atoms with Gasteiger partial charge in [-0.05, 0) is 25.7 Å². The van der Waals surface area contributed by atoms with E-state index in [0.29, 0.717) is 0 Å². The van der Waals surface area contributed by atoms with Crippen LogP contribution in [0.3, 0.4) is 0 Å². The molecule has 1 aromatic rings. The molecule has 0 N–H and O–H groups in total. The summed E-state index contributed by atoms with van der Waals surface area (Å²) in [6.45, 7) is 9.41. The molecule has 0 atom stereocenters. The highest BCUT2D eigenvalue weighted by atomic mass is 79.9. The number of unbranched alkanes of at least 4 members (excludes halogenated alkanes) is 6. The maximum atomic E-state index is 2.37. The van der Waals surface area contributed by atoms with Gasteiger partial charge in [0, 0.05) is 11.1 Å². The van der Waals surface area contributed by atoms with Crippen LogP contribution in [0.5, 0.6) is 0 Å². The summed E-state index contributed by atoms with van der Waals surface area (Å²) in [4.78, 5) is 0. The lowest BCUT2D eigenvalue weighted by Crippen LogP contribution is -3.00. The molecule has 0 fully saturated rings. The van der Waals surface area contributed by atoms with Crippen molar-refractivity contribution in [1.29, 1.82) is 0 Å². The van der Waals surface area contributed by atoms with Gasteiger partial charge in [-0.1, -0.05) is 63.8 Å². The van der Waals surface area contributed by atoms with E-state index in [0.717, 1.165) is 22.1 Å². The van der Waals surface area contributed by atoms with Crippen molar-refractivity contribution >= 4 is 0 Å². The second kappa shape index (κ2) is 13.7. The zero-order valence-electron chi connectivity index (χ0n) is 19.1. The van der Waals surface area contributed by atoms with E-state index >= 15 is 0 Å². The zero-order chi connectivity index (χ0) is 19.5. The van der Waals surface area contributed by atoms with Crippen LogP contribution in [-0.4, -0.2) is 50.2 Å². The number of rotatable bonds is 14. The molecular weight excluding hydrogens is 396 g/mol. The molecular formula is C24H46BrN2+. The minimum atomic E-state index is 0. The molecule has 0 saturated heterocycles. The van der Waals surface area contributed by atoms with E-state index < -0.39 is 0 Å². The first-order valence-corrected chi connectivity index (χ1v) is 11.0. The van der Waals surface area contributed by atoms with Crippen molar-refractivity contribution in [2.45, 2.75) is 78.3 Å². The van der Waals surface area contributed by atoms with E-state index in [1.165, 1.54) is 75.6 Å². The van der Waals surface area contributed by atoms with E-state index in [4.69, 9.17) is 0 Å². The Labute approximate surface area is 180 Å². The first-order chi connectivity index (χ1) is 12.3. The van der Waals surface area contributed by atoms with Gasteiger partial charge in [0.2, 0.25) is 0 Å². The molecule has 0 aliphatic carbocycles. The summed E-state index contributed by atoms with van der Waals surface area (Å²) in [5.74, 6) is 0. The zero-order valence-corrected chi connectivity index (χ0v) is 20.7. The molecule has 0 heterocycles. The van der Waals surface area contributed by atoms with E-state index in [-0.39, 0.29) is 17.0 Å². The second-order valence-electron chi connectivity index (χ2n) is 9.57. The monoisotopic (exact) mass is 441 g/mol.